The minimum absolute atomic E-state index is 0.0287. The lowest BCUT2D eigenvalue weighted by atomic mass is 10.1. The van der Waals surface area contributed by atoms with Gasteiger partial charge in [-0.3, -0.25) is 9.36 Å². The molecule has 1 N–H and O–H groups in total. The molecule has 6 nitrogen and oxygen atoms in total. The molecule has 0 fully saturated rings. The Hall–Kier alpha value is -2.98. The average Bonchev–Trinajstić information content (AvgIpc) is 2.69. The van der Waals surface area contributed by atoms with Gasteiger partial charge >= 0.3 is 6.18 Å². The maximum Gasteiger partial charge on any atom is 0.416 e. The fraction of sp³-hybridized carbons (Fsp3) is 0.158. The number of alkyl halides is 3. The van der Waals surface area contributed by atoms with E-state index in [-0.39, 0.29) is 18.6 Å². The van der Waals surface area contributed by atoms with Crippen molar-refractivity contribution in [2.45, 2.75) is 17.6 Å². The Bertz CT molecular complexity index is 1160. The smallest absolute Gasteiger partial charge is 0.298 e. The van der Waals surface area contributed by atoms with Gasteiger partial charge in [0.05, 0.1) is 22.5 Å². The van der Waals surface area contributed by atoms with Crippen LogP contribution in [-0.4, -0.2) is 24.5 Å². The van der Waals surface area contributed by atoms with Crippen LogP contribution in [0.1, 0.15) is 5.56 Å². The van der Waals surface area contributed by atoms with Crippen molar-refractivity contribution in [2.75, 3.05) is 6.54 Å². The molecule has 2 aromatic carbocycles. The third-order valence-electron chi connectivity index (χ3n) is 4.07. The van der Waals surface area contributed by atoms with Crippen LogP contribution >= 0.6 is 0 Å². The number of nitrogens with zero attached hydrogens (tertiary/aromatic N) is 2. The van der Waals surface area contributed by atoms with Crippen molar-refractivity contribution in [2.24, 2.45) is 0 Å². The molecule has 0 radical (unpaired) electrons. The standard InChI is InChI=1S/C19H16F3N3O3S/c20-19(21,22)15-7-4-8-16(11-15)29(27,28)24-9-10-25-13-23-17(12-18(25)26)14-5-2-1-3-6-14/h1-8,11-13,24H,9-10H2. The lowest BCUT2D eigenvalue weighted by Gasteiger charge is -2.11. The molecule has 0 aliphatic rings. The maximum atomic E-state index is 12.8. The molecule has 0 unspecified atom stereocenters. The van der Waals surface area contributed by atoms with Crippen molar-refractivity contribution >= 4 is 10.0 Å². The first-order valence-corrected chi connectivity index (χ1v) is 9.94. The molecule has 1 heterocycles. The maximum absolute atomic E-state index is 12.8. The van der Waals surface area contributed by atoms with Crippen LogP contribution in [-0.2, 0) is 22.7 Å². The lowest BCUT2D eigenvalue weighted by molar-refractivity contribution is -0.137. The van der Waals surface area contributed by atoms with Crippen molar-refractivity contribution in [1.82, 2.24) is 14.3 Å². The summed E-state index contributed by atoms with van der Waals surface area (Å²) in [6.45, 7) is -0.218. The summed E-state index contributed by atoms with van der Waals surface area (Å²) in [5.41, 5.74) is -0.187. The van der Waals surface area contributed by atoms with Crippen LogP contribution in [0.3, 0.4) is 0 Å². The third kappa shape index (κ3) is 5.09. The van der Waals surface area contributed by atoms with Gasteiger partial charge in [-0.2, -0.15) is 13.2 Å². The Morgan fingerprint density at radius 2 is 1.72 bits per heavy atom. The Labute approximate surface area is 164 Å². The largest absolute Gasteiger partial charge is 0.416 e. The van der Waals surface area contributed by atoms with E-state index in [9.17, 15) is 26.4 Å². The van der Waals surface area contributed by atoms with E-state index in [1.165, 1.54) is 17.0 Å². The normalized spacial score (nSPS) is 12.1. The minimum atomic E-state index is -4.65. The summed E-state index contributed by atoms with van der Waals surface area (Å²) in [4.78, 5) is 15.9. The van der Waals surface area contributed by atoms with E-state index in [2.05, 4.69) is 9.71 Å². The summed E-state index contributed by atoms with van der Waals surface area (Å²) >= 11 is 0. The molecule has 0 amide bonds. The lowest BCUT2D eigenvalue weighted by Crippen LogP contribution is -2.31. The highest BCUT2D eigenvalue weighted by Gasteiger charge is 2.31. The van der Waals surface area contributed by atoms with Gasteiger partial charge in [0.15, 0.2) is 0 Å². The Kier molecular flexibility index (Phi) is 5.85. The van der Waals surface area contributed by atoms with Crippen molar-refractivity contribution < 1.29 is 21.6 Å². The molecule has 0 aliphatic carbocycles. The van der Waals surface area contributed by atoms with Crippen LogP contribution in [0.4, 0.5) is 13.2 Å². The fourth-order valence-electron chi connectivity index (χ4n) is 2.58. The van der Waals surface area contributed by atoms with Crippen LogP contribution in [0.2, 0.25) is 0 Å². The summed E-state index contributed by atoms with van der Waals surface area (Å²) < 4.78 is 66.2. The summed E-state index contributed by atoms with van der Waals surface area (Å²) in [7, 11) is -4.16. The summed E-state index contributed by atoms with van der Waals surface area (Å²) in [5, 5.41) is 0. The molecule has 152 valence electrons. The van der Waals surface area contributed by atoms with E-state index < -0.39 is 26.7 Å². The van der Waals surface area contributed by atoms with Crippen LogP contribution < -0.4 is 10.3 Å². The summed E-state index contributed by atoms with van der Waals surface area (Å²) in [5.74, 6) is 0. The van der Waals surface area contributed by atoms with Gasteiger partial charge in [-0.1, -0.05) is 36.4 Å². The first kappa shape index (κ1) is 20.7. The highest BCUT2D eigenvalue weighted by atomic mass is 32.2. The molecule has 0 saturated carbocycles. The molecule has 0 atom stereocenters. The van der Waals surface area contributed by atoms with Crippen LogP contribution in [0.25, 0.3) is 11.3 Å². The predicted molar refractivity (Wildman–Crippen MR) is 101 cm³/mol. The first-order chi connectivity index (χ1) is 13.7. The number of benzene rings is 2. The van der Waals surface area contributed by atoms with Gasteiger partial charge in [0.25, 0.3) is 5.56 Å². The number of sulfonamides is 1. The number of halogens is 3. The SMILES string of the molecule is O=c1cc(-c2ccccc2)ncn1CCNS(=O)(=O)c1cccc(C(F)(F)F)c1. The zero-order valence-electron chi connectivity index (χ0n) is 14.9. The number of nitrogens with one attached hydrogen (secondary N) is 1. The molecular formula is C19H16F3N3O3S. The van der Waals surface area contributed by atoms with Gasteiger partial charge in [-0.05, 0) is 18.2 Å². The molecule has 0 aliphatic heterocycles. The van der Waals surface area contributed by atoms with Crippen LogP contribution in [0, 0.1) is 0 Å². The van der Waals surface area contributed by atoms with Gasteiger partial charge in [0, 0.05) is 24.7 Å². The number of aromatic nitrogens is 2. The highest BCUT2D eigenvalue weighted by molar-refractivity contribution is 7.89. The molecule has 10 heteroatoms. The van der Waals surface area contributed by atoms with E-state index in [0.717, 1.165) is 23.8 Å². The molecule has 0 bridgehead atoms. The number of hydrogen-bond acceptors (Lipinski definition) is 4. The quantitative estimate of drug-likeness (QED) is 0.661. The first-order valence-electron chi connectivity index (χ1n) is 8.46. The van der Waals surface area contributed by atoms with Gasteiger partial charge in [-0.15, -0.1) is 0 Å². The minimum Gasteiger partial charge on any atom is -0.298 e. The molecular weight excluding hydrogens is 407 g/mol. The number of hydrogen-bond donors (Lipinski definition) is 1. The molecule has 1 aromatic heterocycles. The fourth-order valence-corrected chi connectivity index (χ4v) is 3.65. The van der Waals surface area contributed by atoms with Crippen LogP contribution in [0.5, 0.6) is 0 Å². The zero-order chi connectivity index (χ0) is 21.1. The van der Waals surface area contributed by atoms with Gasteiger partial charge < -0.3 is 0 Å². The van der Waals surface area contributed by atoms with Gasteiger partial charge in [-0.25, -0.2) is 18.1 Å². The van der Waals surface area contributed by atoms with Gasteiger partial charge in [0.2, 0.25) is 10.0 Å². The van der Waals surface area contributed by atoms with Crippen molar-refractivity contribution in [3.05, 3.63) is 82.9 Å². The topological polar surface area (TPSA) is 81.1 Å². The highest BCUT2D eigenvalue weighted by Crippen LogP contribution is 2.30. The van der Waals surface area contributed by atoms with Crippen molar-refractivity contribution in [3.8, 4) is 11.3 Å². The molecule has 0 saturated heterocycles. The number of rotatable bonds is 6. The van der Waals surface area contributed by atoms with E-state index in [4.69, 9.17) is 0 Å². The molecule has 3 aromatic rings. The molecule has 3 rings (SSSR count). The Morgan fingerprint density at radius 1 is 1.00 bits per heavy atom. The summed E-state index contributed by atoms with van der Waals surface area (Å²) in [6, 6.07) is 13.8. The second kappa shape index (κ2) is 8.18. The summed E-state index contributed by atoms with van der Waals surface area (Å²) in [6.07, 6.45) is -3.35. The zero-order valence-corrected chi connectivity index (χ0v) is 15.7. The van der Waals surface area contributed by atoms with Crippen molar-refractivity contribution in [1.29, 1.82) is 0 Å². The van der Waals surface area contributed by atoms with Crippen LogP contribution in [0.15, 0.2) is 76.7 Å². The van der Waals surface area contributed by atoms with Crippen molar-refractivity contribution in [3.63, 3.8) is 0 Å². The van der Waals surface area contributed by atoms with E-state index in [1.54, 1.807) is 12.1 Å². The second-order valence-corrected chi connectivity index (χ2v) is 7.86. The Balaban J connectivity index is 1.69. The molecule has 29 heavy (non-hydrogen) atoms. The van der Waals surface area contributed by atoms with E-state index in [1.807, 2.05) is 18.2 Å². The molecule has 0 spiro atoms. The van der Waals surface area contributed by atoms with E-state index >= 15 is 0 Å². The van der Waals surface area contributed by atoms with E-state index in [0.29, 0.717) is 11.8 Å². The third-order valence-corrected chi connectivity index (χ3v) is 5.52. The van der Waals surface area contributed by atoms with Gasteiger partial charge in [0.1, 0.15) is 0 Å². The Morgan fingerprint density at radius 3 is 2.38 bits per heavy atom. The second-order valence-electron chi connectivity index (χ2n) is 6.10. The monoisotopic (exact) mass is 423 g/mol. The average molecular weight is 423 g/mol. The predicted octanol–water partition coefficient (Wildman–Crippen LogP) is 2.91.